The predicted octanol–water partition coefficient (Wildman–Crippen LogP) is 3.75. The lowest BCUT2D eigenvalue weighted by Crippen LogP contribution is -2.09. The Bertz CT molecular complexity index is 656. The van der Waals surface area contributed by atoms with Crippen molar-refractivity contribution in [2.45, 2.75) is 25.7 Å². The van der Waals surface area contributed by atoms with Crippen LogP contribution in [0.1, 0.15) is 38.5 Å². The highest BCUT2D eigenvalue weighted by molar-refractivity contribution is 7.14. The first-order chi connectivity index (χ1) is 9.76. The van der Waals surface area contributed by atoms with Gasteiger partial charge >= 0.3 is 0 Å². The van der Waals surface area contributed by atoms with Crippen molar-refractivity contribution in [1.82, 2.24) is 0 Å². The van der Waals surface area contributed by atoms with E-state index in [2.05, 4.69) is 11.4 Å². The fraction of sp³-hybridized carbons (Fsp3) is 0.250. The zero-order chi connectivity index (χ0) is 13.9. The standard InChI is InChI=1S/C16H14N2OS/c17-10-11-5-7-13(8-6-11)18-16(19)15-9-12-3-1-2-4-14(12)20-15/h5-9H,1-4H2,(H,18,19). The van der Waals surface area contributed by atoms with E-state index in [0.717, 1.165) is 23.4 Å². The minimum Gasteiger partial charge on any atom is -0.321 e. The molecule has 4 heteroatoms. The fourth-order valence-electron chi connectivity index (χ4n) is 2.42. The second-order valence-electron chi connectivity index (χ2n) is 4.91. The monoisotopic (exact) mass is 282 g/mol. The van der Waals surface area contributed by atoms with Crippen molar-refractivity contribution in [3.8, 4) is 6.07 Å². The summed E-state index contributed by atoms with van der Waals surface area (Å²) in [6.45, 7) is 0. The molecule has 0 saturated carbocycles. The number of nitrogens with one attached hydrogen (secondary N) is 1. The first-order valence-electron chi connectivity index (χ1n) is 6.69. The molecule has 1 aliphatic rings. The molecule has 2 aromatic rings. The van der Waals surface area contributed by atoms with Crippen LogP contribution in [-0.4, -0.2) is 5.91 Å². The van der Waals surface area contributed by atoms with Crippen molar-refractivity contribution in [2.24, 2.45) is 0 Å². The third-order valence-electron chi connectivity index (χ3n) is 3.49. The van der Waals surface area contributed by atoms with E-state index in [4.69, 9.17) is 5.26 Å². The van der Waals surface area contributed by atoms with Gasteiger partial charge in [-0.3, -0.25) is 4.79 Å². The summed E-state index contributed by atoms with van der Waals surface area (Å²) in [6, 6.07) is 11.0. The summed E-state index contributed by atoms with van der Waals surface area (Å²) in [5, 5.41) is 11.6. The molecule has 0 atom stereocenters. The maximum atomic E-state index is 12.2. The van der Waals surface area contributed by atoms with E-state index in [9.17, 15) is 4.79 Å². The summed E-state index contributed by atoms with van der Waals surface area (Å²) < 4.78 is 0. The fourth-order valence-corrected chi connectivity index (χ4v) is 3.57. The average Bonchev–Trinajstić information content (AvgIpc) is 2.92. The Morgan fingerprint density at radius 1 is 1.20 bits per heavy atom. The molecule has 1 heterocycles. The van der Waals surface area contributed by atoms with Gasteiger partial charge in [-0.05, 0) is 61.6 Å². The topological polar surface area (TPSA) is 52.9 Å². The number of thiophene rings is 1. The molecule has 1 aliphatic carbocycles. The summed E-state index contributed by atoms with van der Waals surface area (Å²) in [7, 11) is 0. The van der Waals surface area contributed by atoms with Gasteiger partial charge in [0.2, 0.25) is 0 Å². The molecule has 1 amide bonds. The summed E-state index contributed by atoms with van der Waals surface area (Å²) in [6.07, 6.45) is 4.64. The highest BCUT2D eigenvalue weighted by atomic mass is 32.1. The van der Waals surface area contributed by atoms with E-state index < -0.39 is 0 Å². The van der Waals surface area contributed by atoms with Crippen LogP contribution in [-0.2, 0) is 12.8 Å². The quantitative estimate of drug-likeness (QED) is 0.912. The molecular weight excluding hydrogens is 268 g/mol. The van der Waals surface area contributed by atoms with Gasteiger partial charge in [0.25, 0.3) is 5.91 Å². The van der Waals surface area contributed by atoms with Crippen molar-refractivity contribution < 1.29 is 4.79 Å². The molecule has 1 aromatic heterocycles. The Labute approximate surface area is 121 Å². The van der Waals surface area contributed by atoms with Crippen molar-refractivity contribution in [2.75, 3.05) is 5.32 Å². The number of amides is 1. The van der Waals surface area contributed by atoms with Crippen LogP contribution in [0.15, 0.2) is 30.3 Å². The average molecular weight is 282 g/mol. The lowest BCUT2D eigenvalue weighted by Gasteiger charge is -2.08. The number of nitrogens with zero attached hydrogens (tertiary/aromatic N) is 1. The molecule has 0 radical (unpaired) electrons. The largest absolute Gasteiger partial charge is 0.321 e. The van der Waals surface area contributed by atoms with Crippen LogP contribution in [0.2, 0.25) is 0 Å². The molecular formula is C16H14N2OS. The van der Waals surface area contributed by atoms with Crippen LogP contribution in [0.3, 0.4) is 0 Å². The second-order valence-corrected chi connectivity index (χ2v) is 6.05. The van der Waals surface area contributed by atoms with Gasteiger partial charge in [0.1, 0.15) is 0 Å². The van der Waals surface area contributed by atoms with E-state index in [0.29, 0.717) is 5.56 Å². The first-order valence-corrected chi connectivity index (χ1v) is 7.51. The van der Waals surface area contributed by atoms with Gasteiger partial charge in [0.15, 0.2) is 0 Å². The minimum atomic E-state index is -0.0610. The Morgan fingerprint density at radius 2 is 1.95 bits per heavy atom. The van der Waals surface area contributed by atoms with E-state index in [1.807, 2.05) is 6.07 Å². The summed E-state index contributed by atoms with van der Waals surface area (Å²) >= 11 is 1.61. The van der Waals surface area contributed by atoms with Crippen LogP contribution < -0.4 is 5.32 Å². The molecule has 100 valence electrons. The number of carbonyl (C=O) groups excluding carboxylic acids is 1. The number of nitriles is 1. The van der Waals surface area contributed by atoms with Gasteiger partial charge in [-0.15, -0.1) is 11.3 Å². The first kappa shape index (κ1) is 12.9. The van der Waals surface area contributed by atoms with E-state index in [-0.39, 0.29) is 5.91 Å². The zero-order valence-electron chi connectivity index (χ0n) is 11.0. The normalized spacial score (nSPS) is 13.3. The number of carbonyl (C=O) groups is 1. The molecule has 20 heavy (non-hydrogen) atoms. The van der Waals surface area contributed by atoms with Crippen molar-refractivity contribution in [1.29, 1.82) is 5.26 Å². The summed E-state index contributed by atoms with van der Waals surface area (Å²) in [5.74, 6) is -0.0610. The highest BCUT2D eigenvalue weighted by Crippen LogP contribution is 2.30. The molecule has 3 nitrogen and oxygen atoms in total. The third-order valence-corrected chi connectivity index (χ3v) is 4.73. The van der Waals surface area contributed by atoms with Crippen LogP contribution in [0.5, 0.6) is 0 Å². The lowest BCUT2D eigenvalue weighted by atomic mass is 9.99. The molecule has 0 aliphatic heterocycles. The maximum absolute atomic E-state index is 12.2. The van der Waals surface area contributed by atoms with Crippen LogP contribution in [0, 0.1) is 11.3 Å². The van der Waals surface area contributed by atoms with E-state index in [1.54, 1.807) is 35.6 Å². The molecule has 0 saturated heterocycles. The number of benzene rings is 1. The van der Waals surface area contributed by atoms with Crippen LogP contribution in [0.4, 0.5) is 5.69 Å². The number of hydrogen-bond acceptors (Lipinski definition) is 3. The molecule has 3 rings (SSSR count). The highest BCUT2D eigenvalue weighted by Gasteiger charge is 2.17. The van der Waals surface area contributed by atoms with E-state index in [1.165, 1.54) is 23.3 Å². The predicted molar refractivity (Wildman–Crippen MR) is 80.1 cm³/mol. The number of anilines is 1. The second kappa shape index (κ2) is 5.48. The summed E-state index contributed by atoms with van der Waals surface area (Å²) in [4.78, 5) is 14.4. The van der Waals surface area contributed by atoms with Crippen molar-refractivity contribution >= 4 is 22.9 Å². The van der Waals surface area contributed by atoms with Gasteiger partial charge in [-0.2, -0.15) is 5.26 Å². The number of fused-ring (bicyclic) bond motifs is 1. The van der Waals surface area contributed by atoms with Gasteiger partial charge < -0.3 is 5.32 Å². The van der Waals surface area contributed by atoms with Crippen LogP contribution >= 0.6 is 11.3 Å². The zero-order valence-corrected chi connectivity index (χ0v) is 11.8. The van der Waals surface area contributed by atoms with Crippen LogP contribution in [0.25, 0.3) is 0 Å². The summed E-state index contributed by atoms with van der Waals surface area (Å²) in [5.41, 5.74) is 2.65. The van der Waals surface area contributed by atoms with Gasteiger partial charge in [-0.25, -0.2) is 0 Å². The molecule has 0 unspecified atom stereocenters. The van der Waals surface area contributed by atoms with E-state index >= 15 is 0 Å². The number of aryl methyl sites for hydroxylation is 2. The Morgan fingerprint density at radius 3 is 2.65 bits per heavy atom. The molecule has 1 aromatic carbocycles. The van der Waals surface area contributed by atoms with Gasteiger partial charge in [0, 0.05) is 10.6 Å². The molecule has 1 N–H and O–H groups in total. The minimum absolute atomic E-state index is 0.0610. The van der Waals surface area contributed by atoms with Crippen molar-refractivity contribution in [3.05, 3.63) is 51.2 Å². The Balaban J connectivity index is 1.75. The number of rotatable bonds is 2. The lowest BCUT2D eigenvalue weighted by molar-refractivity contribution is 0.103. The third kappa shape index (κ3) is 2.59. The smallest absolute Gasteiger partial charge is 0.265 e. The molecule has 0 fully saturated rings. The maximum Gasteiger partial charge on any atom is 0.265 e. The van der Waals surface area contributed by atoms with Gasteiger partial charge in [0.05, 0.1) is 16.5 Å². The number of hydrogen-bond donors (Lipinski definition) is 1. The molecule has 0 spiro atoms. The molecule has 0 bridgehead atoms. The Hall–Kier alpha value is -2.12. The van der Waals surface area contributed by atoms with Crippen molar-refractivity contribution in [3.63, 3.8) is 0 Å². The SMILES string of the molecule is N#Cc1ccc(NC(=O)c2cc3c(s2)CCCC3)cc1. The van der Waals surface area contributed by atoms with Gasteiger partial charge in [-0.1, -0.05) is 0 Å². The Kier molecular flexibility index (Phi) is 3.53.